The molecule has 6 nitrogen and oxygen atoms in total. The molecule has 0 bridgehead atoms. The number of ether oxygens (including phenoxy) is 1. The summed E-state index contributed by atoms with van der Waals surface area (Å²) in [6.45, 7) is 2.35. The van der Waals surface area contributed by atoms with Crippen molar-refractivity contribution in [2.24, 2.45) is 0 Å². The van der Waals surface area contributed by atoms with E-state index in [0.717, 1.165) is 0 Å². The van der Waals surface area contributed by atoms with Gasteiger partial charge in [0.25, 0.3) is 11.8 Å². The molecule has 3 N–H and O–H groups in total. The van der Waals surface area contributed by atoms with Gasteiger partial charge in [0.15, 0.2) is 0 Å². The first-order chi connectivity index (χ1) is 11.6. The number of nitrogen functional groups attached to an aromatic ring is 1. The first-order valence-electron chi connectivity index (χ1n) is 7.77. The third-order valence-corrected chi connectivity index (χ3v) is 3.86. The molecule has 0 spiro atoms. The van der Waals surface area contributed by atoms with Crippen molar-refractivity contribution in [3.63, 3.8) is 0 Å². The van der Waals surface area contributed by atoms with Crippen LogP contribution in [0.1, 0.15) is 20.7 Å². The highest BCUT2D eigenvalue weighted by molar-refractivity contribution is 6.04. The molecule has 6 heteroatoms. The molecule has 2 aromatic carbocycles. The summed E-state index contributed by atoms with van der Waals surface area (Å²) in [5.74, 6) is -0.239. The van der Waals surface area contributed by atoms with Crippen LogP contribution in [-0.2, 0) is 4.74 Å². The van der Waals surface area contributed by atoms with Gasteiger partial charge >= 0.3 is 0 Å². The van der Waals surface area contributed by atoms with Gasteiger partial charge in [-0.2, -0.15) is 0 Å². The van der Waals surface area contributed by atoms with E-state index in [2.05, 4.69) is 5.32 Å². The topological polar surface area (TPSA) is 84.7 Å². The molecule has 24 heavy (non-hydrogen) atoms. The van der Waals surface area contributed by atoms with E-state index in [1.807, 2.05) is 0 Å². The monoisotopic (exact) mass is 325 g/mol. The molecule has 0 saturated carbocycles. The second-order valence-corrected chi connectivity index (χ2v) is 5.56. The largest absolute Gasteiger partial charge is 0.399 e. The maximum atomic E-state index is 12.4. The number of carbonyl (C=O) groups is 2. The molecular weight excluding hydrogens is 306 g/mol. The van der Waals surface area contributed by atoms with Crippen molar-refractivity contribution >= 4 is 23.2 Å². The zero-order valence-corrected chi connectivity index (χ0v) is 13.2. The second-order valence-electron chi connectivity index (χ2n) is 5.56. The van der Waals surface area contributed by atoms with Crippen molar-refractivity contribution in [1.29, 1.82) is 0 Å². The van der Waals surface area contributed by atoms with Crippen LogP contribution in [0.3, 0.4) is 0 Å². The summed E-state index contributed by atoms with van der Waals surface area (Å²) in [6, 6.07) is 13.6. The van der Waals surface area contributed by atoms with Gasteiger partial charge in [0, 0.05) is 35.6 Å². The molecule has 124 valence electrons. The SMILES string of the molecule is Nc1ccc(C(=O)Nc2ccc(C(=O)N3CCOCC3)cc2)cc1. The van der Waals surface area contributed by atoms with E-state index in [1.165, 1.54) is 0 Å². The zero-order valence-electron chi connectivity index (χ0n) is 13.2. The number of anilines is 2. The Morgan fingerprint density at radius 2 is 1.50 bits per heavy atom. The quantitative estimate of drug-likeness (QED) is 0.845. The number of nitrogens with one attached hydrogen (secondary N) is 1. The predicted octanol–water partition coefficient (Wildman–Crippen LogP) is 1.99. The number of hydrogen-bond donors (Lipinski definition) is 2. The van der Waals surface area contributed by atoms with Gasteiger partial charge < -0.3 is 20.7 Å². The highest BCUT2D eigenvalue weighted by Gasteiger charge is 2.18. The van der Waals surface area contributed by atoms with E-state index >= 15 is 0 Å². The predicted molar refractivity (Wildman–Crippen MR) is 92.0 cm³/mol. The number of benzene rings is 2. The van der Waals surface area contributed by atoms with Crippen LogP contribution >= 0.6 is 0 Å². The molecule has 0 unspecified atom stereocenters. The van der Waals surface area contributed by atoms with Crippen molar-refractivity contribution < 1.29 is 14.3 Å². The minimum Gasteiger partial charge on any atom is -0.399 e. The van der Waals surface area contributed by atoms with E-state index in [-0.39, 0.29) is 11.8 Å². The minimum absolute atomic E-state index is 0.0188. The number of nitrogens with zero attached hydrogens (tertiary/aromatic N) is 1. The van der Waals surface area contributed by atoms with E-state index < -0.39 is 0 Å². The molecule has 2 amide bonds. The molecule has 1 heterocycles. The fourth-order valence-corrected chi connectivity index (χ4v) is 2.48. The maximum absolute atomic E-state index is 12.4. The van der Waals surface area contributed by atoms with Crippen molar-refractivity contribution in [3.8, 4) is 0 Å². The van der Waals surface area contributed by atoms with Crippen molar-refractivity contribution in [2.45, 2.75) is 0 Å². The number of rotatable bonds is 3. The summed E-state index contributed by atoms with van der Waals surface area (Å²) >= 11 is 0. The average Bonchev–Trinajstić information content (AvgIpc) is 2.63. The smallest absolute Gasteiger partial charge is 0.255 e. The van der Waals surface area contributed by atoms with Gasteiger partial charge in [-0.1, -0.05) is 0 Å². The molecule has 1 saturated heterocycles. The molecule has 0 atom stereocenters. The van der Waals surface area contributed by atoms with Crippen molar-refractivity contribution in [2.75, 3.05) is 37.4 Å². The Bertz CT molecular complexity index is 720. The Labute approximate surface area is 140 Å². The number of morpholine rings is 1. The van der Waals surface area contributed by atoms with Crippen LogP contribution in [0.2, 0.25) is 0 Å². The van der Waals surface area contributed by atoms with Gasteiger partial charge in [0.1, 0.15) is 0 Å². The van der Waals surface area contributed by atoms with Crippen LogP contribution in [0.15, 0.2) is 48.5 Å². The highest BCUT2D eigenvalue weighted by Crippen LogP contribution is 2.14. The third kappa shape index (κ3) is 3.72. The molecule has 1 aliphatic rings. The number of amides is 2. The Morgan fingerprint density at radius 3 is 2.12 bits per heavy atom. The van der Waals surface area contributed by atoms with Crippen molar-refractivity contribution in [3.05, 3.63) is 59.7 Å². The molecule has 2 aromatic rings. The summed E-state index contributed by atoms with van der Waals surface area (Å²) in [7, 11) is 0. The molecule has 0 aromatic heterocycles. The fraction of sp³-hybridized carbons (Fsp3) is 0.222. The van der Waals surface area contributed by atoms with Gasteiger partial charge in [-0.25, -0.2) is 0 Å². The Morgan fingerprint density at radius 1 is 0.917 bits per heavy atom. The summed E-state index contributed by atoms with van der Waals surface area (Å²) in [6.07, 6.45) is 0. The average molecular weight is 325 g/mol. The van der Waals surface area contributed by atoms with Gasteiger partial charge in [-0.3, -0.25) is 9.59 Å². The third-order valence-electron chi connectivity index (χ3n) is 3.86. The zero-order chi connectivity index (χ0) is 16.9. The fourth-order valence-electron chi connectivity index (χ4n) is 2.48. The van der Waals surface area contributed by atoms with E-state index in [9.17, 15) is 9.59 Å². The lowest BCUT2D eigenvalue weighted by atomic mass is 10.1. The lowest BCUT2D eigenvalue weighted by molar-refractivity contribution is 0.0303. The van der Waals surface area contributed by atoms with Crippen LogP contribution in [-0.4, -0.2) is 43.0 Å². The van der Waals surface area contributed by atoms with E-state index in [1.54, 1.807) is 53.4 Å². The van der Waals surface area contributed by atoms with Crippen LogP contribution in [0, 0.1) is 0 Å². The van der Waals surface area contributed by atoms with Crippen LogP contribution in [0.5, 0.6) is 0 Å². The minimum atomic E-state index is -0.220. The Kier molecular flexibility index (Phi) is 4.77. The van der Waals surface area contributed by atoms with Crippen LogP contribution in [0.4, 0.5) is 11.4 Å². The molecule has 1 aliphatic heterocycles. The summed E-state index contributed by atoms with van der Waals surface area (Å²) in [5.41, 5.74) is 7.98. The van der Waals surface area contributed by atoms with Gasteiger partial charge in [0.05, 0.1) is 13.2 Å². The summed E-state index contributed by atoms with van der Waals surface area (Å²) in [5, 5.41) is 2.80. The van der Waals surface area contributed by atoms with Gasteiger partial charge in [-0.15, -0.1) is 0 Å². The summed E-state index contributed by atoms with van der Waals surface area (Å²) in [4.78, 5) is 26.3. The van der Waals surface area contributed by atoms with Gasteiger partial charge in [-0.05, 0) is 48.5 Å². The Balaban J connectivity index is 1.64. The molecular formula is C18H19N3O3. The summed E-state index contributed by atoms with van der Waals surface area (Å²) < 4.78 is 5.25. The second kappa shape index (κ2) is 7.14. The van der Waals surface area contributed by atoms with Gasteiger partial charge in [0.2, 0.25) is 0 Å². The molecule has 0 aliphatic carbocycles. The molecule has 3 rings (SSSR count). The molecule has 0 radical (unpaired) electrons. The van der Waals surface area contributed by atoms with Crippen LogP contribution in [0.25, 0.3) is 0 Å². The first kappa shape index (κ1) is 16.0. The lowest BCUT2D eigenvalue weighted by Crippen LogP contribution is -2.40. The van der Waals surface area contributed by atoms with E-state index in [0.29, 0.717) is 48.8 Å². The Hall–Kier alpha value is -2.86. The normalized spacial score (nSPS) is 14.2. The standard InChI is InChI=1S/C18H19N3O3/c19-15-5-1-13(2-6-15)17(22)20-16-7-3-14(4-8-16)18(23)21-9-11-24-12-10-21/h1-8H,9-12,19H2,(H,20,22). The van der Waals surface area contributed by atoms with Crippen molar-refractivity contribution in [1.82, 2.24) is 4.90 Å². The lowest BCUT2D eigenvalue weighted by Gasteiger charge is -2.26. The molecule has 1 fully saturated rings. The number of carbonyl (C=O) groups excluding carboxylic acids is 2. The highest BCUT2D eigenvalue weighted by atomic mass is 16.5. The number of hydrogen-bond acceptors (Lipinski definition) is 4. The number of nitrogens with two attached hydrogens (primary N) is 1. The van der Waals surface area contributed by atoms with E-state index in [4.69, 9.17) is 10.5 Å². The van der Waals surface area contributed by atoms with Crippen LogP contribution < -0.4 is 11.1 Å². The first-order valence-corrected chi connectivity index (χ1v) is 7.77. The maximum Gasteiger partial charge on any atom is 0.255 e.